The van der Waals surface area contributed by atoms with Crippen molar-refractivity contribution in [2.45, 2.75) is 58.3 Å². The van der Waals surface area contributed by atoms with Crippen LogP contribution in [-0.4, -0.2) is 68.2 Å². The van der Waals surface area contributed by atoms with Crippen molar-refractivity contribution in [2.75, 3.05) is 31.6 Å². The fraction of sp³-hybridized carbons (Fsp3) is 0.667. The summed E-state index contributed by atoms with van der Waals surface area (Å²) in [6, 6.07) is 8.52. The van der Waals surface area contributed by atoms with Crippen molar-refractivity contribution in [1.29, 1.82) is 0 Å². The summed E-state index contributed by atoms with van der Waals surface area (Å²) in [5.41, 5.74) is 2.40. The average Bonchev–Trinajstić information content (AvgIpc) is 2.67. The monoisotopic (exact) mass is 552 g/mol. The van der Waals surface area contributed by atoms with Crippen LogP contribution in [0.1, 0.15) is 44.2 Å². The first-order valence-corrected chi connectivity index (χ1v) is 12.5. The van der Waals surface area contributed by atoms with Crippen LogP contribution in [0.5, 0.6) is 0 Å². The van der Waals surface area contributed by atoms with E-state index < -0.39 is 9.84 Å². The van der Waals surface area contributed by atoms with Crippen molar-refractivity contribution >= 4 is 39.8 Å². The van der Waals surface area contributed by atoms with Crippen LogP contribution in [0.3, 0.4) is 0 Å². The summed E-state index contributed by atoms with van der Waals surface area (Å²) in [7, 11) is -2.96. The quantitative estimate of drug-likeness (QED) is 0.247. The van der Waals surface area contributed by atoms with E-state index in [4.69, 9.17) is 0 Å². The van der Waals surface area contributed by atoms with Gasteiger partial charge >= 0.3 is 0 Å². The number of halogens is 1. The lowest BCUT2D eigenvalue weighted by atomic mass is 10.1. The minimum Gasteiger partial charge on any atom is -0.393 e. The highest BCUT2D eigenvalue weighted by Crippen LogP contribution is 2.14. The van der Waals surface area contributed by atoms with Crippen LogP contribution in [0.25, 0.3) is 0 Å². The largest absolute Gasteiger partial charge is 0.393 e. The summed E-state index contributed by atoms with van der Waals surface area (Å²) in [6.07, 6.45) is 3.38. The van der Waals surface area contributed by atoms with Crippen molar-refractivity contribution in [3.05, 3.63) is 35.4 Å². The van der Waals surface area contributed by atoms with Crippen molar-refractivity contribution in [1.82, 2.24) is 15.5 Å². The molecule has 0 amide bonds. The number of rotatable bonds is 9. The number of guanidine groups is 1. The molecule has 1 aliphatic heterocycles. The molecule has 0 aliphatic carbocycles. The van der Waals surface area contributed by atoms with E-state index in [-0.39, 0.29) is 41.9 Å². The van der Waals surface area contributed by atoms with Gasteiger partial charge in [0.25, 0.3) is 0 Å². The molecule has 0 radical (unpaired) electrons. The molecule has 1 aromatic carbocycles. The first kappa shape index (κ1) is 27.1. The number of aliphatic hydroxyl groups is 1. The molecule has 0 saturated carbocycles. The van der Waals surface area contributed by atoms with Gasteiger partial charge in [0.1, 0.15) is 9.84 Å². The second-order valence-corrected chi connectivity index (χ2v) is 10.2. The number of nitrogens with one attached hydrogen (secondary N) is 2. The van der Waals surface area contributed by atoms with Crippen LogP contribution in [0, 0.1) is 0 Å². The third kappa shape index (κ3) is 10.9. The van der Waals surface area contributed by atoms with Crippen LogP contribution in [0.2, 0.25) is 0 Å². The first-order chi connectivity index (χ1) is 13.7. The molecule has 1 fully saturated rings. The van der Waals surface area contributed by atoms with E-state index in [0.717, 1.165) is 44.6 Å². The number of piperidine rings is 1. The van der Waals surface area contributed by atoms with Crippen molar-refractivity contribution in [3.8, 4) is 0 Å². The lowest BCUT2D eigenvalue weighted by molar-refractivity contribution is 0.0792. The van der Waals surface area contributed by atoms with E-state index in [9.17, 15) is 13.5 Å². The molecule has 3 N–H and O–H groups in total. The van der Waals surface area contributed by atoms with E-state index in [1.165, 1.54) is 11.8 Å². The number of aliphatic imine (C=N–C) groups is 1. The maximum absolute atomic E-state index is 11.3. The highest BCUT2D eigenvalue weighted by Gasteiger charge is 2.16. The Morgan fingerprint density at radius 1 is 1.23 bits per heavy atom. The van der Waals surface area contributed by atoms with E-state index in [1.807, 2.05) is 13.8 Å². The minimum atomic E-state index is -2.96. The molecule has 0 spiro atoms. The SMILES string of the molecule is CCNC(=NCc1ccc(CN2CCC(O)CC2)cc1)NC(C)CCS(C)(=O)=O.I. The van der Waals surface area contributed by atoms with Crippen LogP contribution in [0.15, 0.2) is 29.3 Å². The molecule has 1 saturated heterocycles. The minimum absolute atomic E-state index is 0. The number of benzene rings is 1. The zero-order valence-electron chi connectivity index (χ0n) is 18.3. The normalized spacial score (nSPS) is 17.3. The standard InChI is InChI=1S/C21H36N4O3S.HI/c1-4-22-21(24-17(2)11-14-29(3,27)28)23-15-18-5-7-19(8-6-18)16-25-12-9-20(26)10-13-25;/h5-8,17,20,26H,4,9-16H2,1-3H3,(H2,22,23,24);1H. The van der Waals surface area contributed by atoms with E-state index in [1.54, 1.807) is 0 Å². The van der Waals surface area contributed by atoms with Crippen molar-refractivity contribution in [2.24, 2.45) is 4.99 Å². The Morgan fingerprint density at radius 3 is 2.40 bits per heavy atom. The van der Waals surface area contributed by atoms with Gasteiger partial charge in [-0.25, -0.2) is 13.4 Å². The number of hydrogen-bond acceptors (Lipinski definition) is 5. The fourth-order valence-corrected chi connectivity index (χ4v) is 4.05. The first-order valence-electron chi connectivity index (χ1n) is 10.5. The predicted octanol–water partition coefficient (Wildman–Crippen LogP) is 2.14. The van der Waals surface area contributed by atoms with Gasteiger partial charge in [-0.15, -0.1) is 24.0 Å². The molecule has 1 unspecified atom stereocenters. The van der Waals surface area contributed by atoms with Crippen LogP contribution in [-0.2, 0) is 22.9 Å². The molecular weight excluding hydrogens is 515 g/mol. The van der Waals surface area contributed by atoms with Crippen LogP contribution in [0.4, 0.5) is 0 Å². The lowest BCUT2D eigenvalue weighted by Crippen LogP contribution is -2.42. The smallest absolute Gasteiger partial charge is 0.191 e. The molecule has 1 atom stereocenters. The van der Waals surface area contributed by atoms with Gasteiger partial charge in [-0.2, -0.15) is 0 Å². The molecule has 1 aromatic rings. The molecule has 7 nitrogen and oxygen atoms in total. The second-order valence-electron chi connectivity index (χ2n) is 7.98. The number of nitrogens with zero attached hydrogens (tertiary/aromatic N) is 2. The Hall–Kier alpha value is -0.910. The highest BCUT2D eigenvalue weighted by atomic mass is 127. The van der Waals surface area contributed by atoms with Gasteiger partial charge in [-0.05, 0) is 44.2 Å². The Kier molecular flexibility index (Phi) is 12.2. The number of likely N-dealkylation sites (tertiary alicyclic amines) is 1. The Bertz CT molecular complexity index is 748. The summed E-state index contributed by atoms with van der Waals surface area (Å²) < 4.78 is 22.7. The number of aliphatic hydroxyl groups excluding tert-OH is 1. The van der Waals surface area contributed by atoms with Gasteiger partial charge < -0.3 is 15.7 Å². The maximum atomic E-state index is 11.3. The Morgan fingerprint density at radius 2 is 1.83 bits per heavy atom. The third-order valence-electron chi connectivity index (χ3n) is 5.05. The lowest BCUT2D eigenvalue weighted by Gasteiger charge is -2.29. The second kappa shape index (κ2) is 13.5. The van der Waals surface area contributed by atoms with Crippen molar-refractivity contribution < 1.29 is 13.5 Å². The predicted molar refractivity (Wildman–Crippen MR) is 134 cm³/mol. The van der Waals surface area contributed by atoms with E-state index in [0.29, 0.717) is 18.9 Å². The van der Waals surface area contributed by atoms with Crippen LogP contribution >= 0.6 is 24.0 Å². The topological polar surface area (TPSA) is 94.0 Å². The molecule has 1 heterocycles. The molecule has 9 heteroatoms. The van der Waals surface area contributed by atoms with Gasteiger partial charge in [0.05, 0.1) is 18.4 Å². The summed E-state index contributed by atoms with van der Waals surface area (Å²) in [5, 5.41) is 16.1. The number of sulfone groups is 1. The van der Waals surface area contributed by atoms with Gasteiger partial charge in [-0.3, -0.25) is 4.90 Å². The number of hydrogen-bond donors (Lipinski definition) is 3. The molecule has 0 aromatic heterocycles. The van der Waals surface area contributed by atoms with E-state index >= 15 is 0 Å². The molecule has 30 heavy (non-hydrogen) atoms. The highest BCUT2D eigenvalue weighted by molar-refractivity contribution is 14.0. The Balaban J connectivity index is 0.00000450. The average molecular weight is 553 g/mol. The molecule has 1 aliphatic rings. The summed E-state index contributed by atoms with van der Waals surface area (Å²) in [5.74, 6) is 0.863. The molecular formula is C21H37IN4O3S. The van der Waals surface area contributed by atoms with Crippen LogP contribution < -0.4 is 10.6 Å². The zero-order chi connectivity index (χ0) is 21.3. The summed E-state index contributed by atoms with van der Waals surface area (Å²) in [4.78, 5) is 7.01. The summed E-state index contributed by atoms with van der Waals surface area (Å²) in [6.45, 7) is 8.08. The van der Waals surface area contributed by atoms with Gasteiger partial charge in [-0.1, -0.05) is 24.3 Å². The van der Waals surface area contributed by atoms with Gasteiger partial charge in [0.15, 0.2) is 5.96 Å². The third-order valence-corrected chi connectivity index (χ3v) is 6.03. The fourth-order valence-electron chi connectivity index (χ4n) is 3.27. The molecule has 2 rings (SSSR count). The van der Waals surface area contributed by atoms with Gasteiger partial charge in [0.2, 0.25) is 0 Å². The zero-order valence-corrected chi connectivity index (χ0v) is 21.4. The van der Waals surface area contributed by atoms with E-state index in [2.05, 4.69) is 44.8 Å². The summed E-state index contributed by atoms with van der Waals surface area (Å²) >= 11 is 0. The molecule has 0 bridgehead atoms. The van der Waals surface area contributed by atoms with Gasteiger partial charge in [0, 0.05) is 38.5 Å². The maximum Gasteiger partial charge on any atom is 0.191 e. The van der Waals surface area contributed by atoms with Crippen molar-refractivity contribution in [3.63, 3.8) is 0 Å². The Labute approximate surface area is 198 Å². The molecule has 172 valence electrons.